The molecule has 1 rings (SSSR count). The van der Waals surface area contributed by atoms with Crippen molar-refractivity contribution in [2.75, 3.05) is 18.4 Å². The lowest BCUT2D eigenvalue weighted by molar-refractivity contribution is -0.137. The van der Waals surface area contributed by atoms with Gasteiger partial charge in [-0.25, -0.2) is 8.42 Å². The maximum absolute atomic E-state index is 12.2. The third-order valence-corrected chi connectivity index (χ3v) is 5.06. The molecule has 0 aliphatic carbocycles. The van der Waals surface area contributed by atoms with Crippen LogP contribution in [0.3, 0.4) is 0 Å². The molecular formula is C9H14N4O5S2. The van der Waals surface area contributed by atoms with Crippen molar-refractivity contribution in [1.29, 1.82) is 0 Å². The molecule has 9 nitrogen and oxygen atoms in total. The topological polar surface area (TPSA) is 130 Å². The second-order valence-electron chi connectivity index (χ2n) is 3.79. The van der Waals surface area contributed by atoms with Gasteiger partial charge in [-0.3, -0.25) is 9.59 Å². The van der Waals surface area contributed by atoms with E-state index >= 15 is 0 Å². The molecule has 0 aromatic carbocycles. The van der Waals surface area contributed by atoms with E-state index in [-0.39, 0.29) is 16.0 Å². The molecule has 0 saturated heterocycles. The fourth-order valence-corrected chi connectivity index (χ4v) is 3.88. The molecule has 0 saturated carbocycles. The van der Waals surface area contributed by atoms with Gasteiger partial charge in [-0.2, -0.15) is 4.31 Å². The Labute approximate surface area is 119 Å². The first-order valence-electron chi connectivity index (χ1n) is 5.60. The molecular weight excluding hydrogens is 308 g/mol. The Morgan fingerprint density at radius 3 is 2.55 bits per heavy atom. The van der Waals surface area contributed by atoms with Crippen molar-refractivity contribution < 1.29 is 23.1 Å². The van der Waals surface area contributed by atoms with Crippen LogP contribution < -0.4 is 5.32 Å². The van der Waals surface area contributed by atoms with Gasteiger partial charge in [0.1, 0.15) is 6.54 Å². The molecule has 2 N–H and O–H groups in total. The number of aliphatic carboxylic acids is 1. The minimum absolute atomic E-state index is 0.0443. The molecule has 0 atom stereocenters. The Morgan fingerprint density at radius 1 is 1.40 bits per heavy atom. The quantitative estimate of drug-likeness (QED) is 0.675. The molecule has 1 heterocycles. The molecule has 112 valence electrons. The van der Waals surface area contributed by atoms with E-state index in [4.69, 9.17) is 5.11 Å². The fourth-order valence-electron chi connectivity index (χ4n) is 1.31. The largest absolute Gasteiger partial charge is 0.480 e. The minimum atomic E-state index is -4.03. The van der Waals surface area contributed by atoms with Gasteiger partial charge in [0, 0.05) is 13.5 Å². The van der Waals surface area contributed by atoms with E-state index in [9.17, 15) is 18.0 Å². The first-order valence-corrected chi connectivity index (χ1v) is 7.86. The molecule has 1 aromatic heterocycles. The third-order valence-electron chi connectivity index (χ3n) is 2.03. The lowest BCUT2D eigenvalue weighted by Gasteiger charge is -2.17. The van der Waals surface area contributed by atoms with Crippen molar-refractivity contribution in [2.45, 2.75) is 24.6 Å². The van der Waals surface area contributed by atoms with Crippen molar-refractivity contribution in [3.63, 3.8) is 0 Å². The smallest absolute Gasteiger partial charge is 0.318 e. The second-order valence-corrected chi connectivity index (χ2v) is 6.88. The fraction of sp³-hybridized carbons (Fsp3) is 0.556. The zero-order valence-electron chi connectivity index (χ0n) is 10.9. The Hall–Kier alpha value is -1.59. The molecule has 0 unspecified atom stereocenters. The maximum atomic E-state index is 12.2. The monoisotopic (exact) mass is 322 g/mol. The average molecular weight is 322 g/mol. The molecule has 0 aliphatic rings. The molecule has 0 bridgehead atoms. The number of nitrogens with zero attached hydrogens (tertiary/aromatic N) is 3. The lowest BCUT2D eigenvalue weighted by atomic mass is 10.5. The van der Waals surface area contributed by atoms with Gasteiger partial charge in [0.05, 0.1) is 0 Å². The summed E-state index contributed by atoms with van der Waals surface area (Å²) in [6.45, 7) is 2.39. The standard InChI is InChI=1S/C9H14N4O5S2/c1-3-4-13(5-7(15)16)20(17,18)9-12-11-8(19-9)10-6(2)14/h3-5H2,1-2H3,(H,15,16)(H,10,11,14). The van der Waals surface area contributed by atoms with Crippen LogP contribution in [-0.4, -0.2) is 53.0 Å². The number of carboxylic acids is 1. The van der Waals surface area contributed by atoms with Gasteiger partial charge in [0.2, 0.25) is 15.4 Å². The van der Waals surface area contributed by atoms with Crippen LogP contribution in [0, 0.1) is 0 Å². The first kappa shape index (κ1) is 16.5. The number of rotatable bonds is 7. The van der Waals surface area contributed by atoms with Gasteiger partial charge in [0.15, 0.2) is 0 Å². The van der Waals surface area contributed by atoms with Gasteiger partial charge < -0.3 is 10.4 Å². The van der Waals surface area contributed by atoms with Crippen molar-refractivity contribution in [3.05, 3.63) is 0 Å². The van der Waals surface area contributed by atoms with Gasteiger partial charge in [0.25, 0.3) is 10.0 Å². The Morgan fingerprint density at radius 2 is 2.05 bits per heavy atom. The normalized spacial score (nSPS) is 11.6. The van der Waals surface area contributed by atoms with Crippen molar-refractivity contribution in [1.82, 2.24) is 14.5 Å². The number of sulfonamides is 1. The van der Waals surface area contributed by atoms with Crippen molar-refractivity contribution in [3.8, 4) is 0 Å². The summed E-state index contributed by atoms with van der Waals surface area (Å²) in [7, 11) is -4.03. The van der Waals surface area contributed by atoms with E-state index in [1.165, 1.54) is 6.92 Å². The Bertz CT molecular complexity index is 597. The molecule has 0 aliphatic heterocycles. The minimum Gasteiger partial charge on any atom is -0.480 e. The highest BCUT2D eigenvalue weighted by atomic mass is 32.2. The highest BCUT2D eigenvalue weighted by molar-refractivity contribution is 7.91. The Balaban J connectivity index is 3.03. The number of aromatic nitrogens is 2. The summed E-state index contributed by atoms with van der Waals surface area (Å²) in [5.74, 6) is -1.66. The molecule has 20 heavy (non-hydrogen) atoms. The summed E-state index contributed by atoms with van der Waals surface area (Å²) < 4.78 is 24.9. The zero-order valence-corrected chi connectivity index (χ0v) is 12.5. The summed E-state index contributed by atoms with van der Waals surface area (Å²) in [5.41, 5.74) is 0. The summed E-state index contributed by atoms with van der Waals surface area (Å²) >= 11 is 0.673. The third kappa shape index (κ3) is 4.21. The Kier molecular flexibility index (Phi) is 5.53. The van der Waals surface area contributed by atoms with Crippen LogP contribution in [0.4, 0.5) is 5.13 Å². The van der Waals surface area contributed by atoms with E-state index in [0.29, 0.717) is 17.8 Å². The summed E-state index contributed by atoms with van der Waals surface area (Å²) in [6, 6.07) is 0. The van der Waals surface area contributed by atoms with E-state index in [2.05, 4.69) is 15.5 Å². The molecule has 11 heteroatoms. The predicted octanol–water partition coefficient (Wildman–Crippen LogP) is -0.0182. The van der Waals surface area contributed by atoms with Crippen LogP contribution in [0.2, 0.25) is 0 Å². The van der Waals surface area contributed by atoms with Crippen LogP contribution in [0.5, 0.6) is 0 Å². The van der Waals surface area contributed by atoms with Crippen LogP contribution in [0.25, 0.3) is 0 Å². The lowest BCUT2D eigenvalue weighted by Crippen LogP contribution is -2.36. The SMILES string of the molecule is CCCN(CC(=O)O)S(=O)(=O)c1nnc(NC(C)=O)s1. The van der Waals surface area contributed by atoms with Gasteiger partial charge in [-0.1, -0.05) is 18.3 Å². The van der Waals surface area contributed by atoms with Gasteiger partial charge in [-0.05, 0) is 6.42 Å². The molecule has 0 fully saturated rings. The van der Waals surface area contributed by atoms with Gasteiger partial charge in [-0.15, -0.1) is 10.2 Å². The number of carbonyl (C=O) groups excluding carboxylic acids is 1. The van der Waals surface area contributed by atoms with Gasteiger partial charge >= 0.3 is 5.97 Å². The number of carboxylic acid groups (broad SMARTS) is 1. The number of amides is 1. The predicted molar refractivity (Wildman–Crippen MR) is 70.9 cm³/mol. The average Bonchev–Trinajstić information content (AvgIpc) is 2.76. The molecule has 0 radical (unpaired) electrons. The summed E-state index contributed by atoms with van der Waals surface area (Å²) in [5, 5.41) is 18.1. The van der Waals surface area contributed by atoms with Crippen LogP contribution in [0.15, 0.2) is 4.34 Å². The van der Waals surface area contributed by atoms with Crippen LogP contribution >= 0.6 is 11.3 Å². The molecule has 0 spiro atoms. The van der Waals surface area contributed by atoms with E-state index in [1.54, 1.807) is 6.92 Å². The summed E-state index contributed by atoms with van der Waals surface area (Å²) in [4.78, 5) is 21.6. The van der Waals surface area contributed by atoms with E-state index in [0.717, 1.165) is 4.31 Å². The van der Waals surface area contributed by atoms with E-state index in [1.807, 2.05) is 0 Å². The second kappa shape index (κ2) is 6.72. The molecule has 1 amide bonds. The number of anilines is 1. The van der Waals surface area contributed by atoms with Crippen LogP contribution in [-0.2, 0) is 19.6 Å². The number of nitrogens with one attached hydrogen (secondary N) is 1. The maximum Gasteiger partial charge on any atom is 0.318 e. The van der Waals surface area contributed by atoms with Crippen LogP contribution in [0.1, 0.15) is 20.3 Å². The highest BCUT2D eigenvalue weighted by Crippen LogP contribution is 2.23. The zero-order chi connectivity index (χ0) is 15.3. The van der Waals surface area contributed by atoms with E-state index < -0.39 is 28.4 Å². The molecule has 1 aromatic rings. The highest BCUT2D eigenvalue weighted by Gasteiger charge is 2.29. The number of hydrogen-bond acceptors (Lipinski definition) is 7. The number of hydrogen-bond donors (Lipinski definition) is 2. The summed E-state index contributed by atoms with van der Waals surface area (Å²) in [6.07, 6.45) is 0.462. The van der Waals surface area contributed by atoms with Crippen molar-refractivity contribution >= 4 is 38.4 Å². The van der Waals surface area contributed by atoms with Crippen molar-refractivity contribution in [2.24, 2.45) is 0 Å². The number of carbonyl (C=O) groups is 2. The first-order chi connectivity index (χ1) is 9.27.